The van der Waals surface area contributed by atoms with Gasteiger partial charge in [-0.2, -0.15) is 0 Å². The predicted molar refractivity (Wildman–Crippen MR) is 90.6 cm³/mol. The van der Waals surface area contributed by atoms with Crippen LogP contribution in [0.25, 0.3) is 0 Å². The minimum atomic E-state index is -0.662. The van der Waals surface area contributed by atoms with Crippen molar-refractivity contribution in [3.8, 4) is 0 Å². The molecule has 0 heterocycles. The molecule has 2 unspecified atom stereocenters. The van der Waals surface area contributed by atoms with Gasteiger partial charge in [-0.25, -0.2) is 0 Å². The quantitative estimate of drug-likeness (QED) is 0.395. The van der Waals surface area contributed by atoms with Crippen molar-refractivity contribution in [2.45, 2.75) is 78.7 Å². The maximum atomic E-state index is 11.5. The number of carboxylic acid groups (broad SMARTS) is 1. The van der Waals surface area contributed by atoms with Gasteiger partial charge in [0, 0.05) is 0 Å². The summed E-state index contributed by atoms with van der Waals surface area (Å²) < 4.78 is 0. The minimum Gasteiger partial charge on any atom is -0.480 e. The molecule has 0 aromatic heterocycles. The molecule has 0 fully saturated rings. The van der Waals surface area contributed by atoms with E-state index in [0.29, 0.717) is 5.92 Å². The number of hydrogen-bond donors (Lipinski definition) is 1. The number of nitrogens with zero attached hydrogens (tertiary/aromatic N) is 1. The summed E-state index contributed by atoms with van der Waals surface area (Å²) in [5, 5.41) is 9.49. The largest absolute Gasteiger partial charge is 0.480 e. The molecule has 0 aromatic rings. The molecule has 3 nitrogen and oxygen atoms in total. The van der Waals surface area contributed by atoms with E-state index in [1.54, 1.807) is 0 Å². The highest BCUT2D eigenvalue weighted by molar-refractivity contribution is 5.73. The van der Waals surface area contributed by atoms with Gasteiger partial charge < -0.3 is 5.11 Å². The average molecular weight is 297 g/mol. The van der Waals surface area contributed by atoms with Gasteiger partial charge in [0.05, 0.1) is 0 Å². The van der Waals surface area contributed by atoms with E-state index in [2.05, 4.69) is 44.7 Å². The van der Waals surface area contributed by atoms with Gasteiger partial charge in [-0.1, -0.05) is 52.7 Å². The molecule has 124 valence electrons. The second-order valence-corrected chi connectivity index (χ2v) is 5.99. The zero-order chi connectivity index (χ0) is 16.1. The molecule has 0 aliphatic heterocycles. The first kappa shape index (κ1) is 20.2. The fourth-order valence-electron chi connectivity index (χ4n) is 2.43. The molecule has 0 amide bonds. The first-order chi connectivity index (χ1) is 10.1. The Labute approximate surface area is 131 Å². The van der Waals surface area contributed by atoms with Gasteiger partial charge in [-0.15, -0.1) is 0 Å². The summed E-state index contributed by atoms with van der Waals surface area (Å²) in [4.78, 5) is 13.7. The van der Waals surface area contributed by atoms with E-state index in [1.165, 1.54) is 0 Å². The van der Waals surface area contributed by atoms with Crippen LogP contribution in [0.15, 0.2) is 12.2 Å². The molecule has 0 bridgehead atoms. The number of allylic oxidation sites excluding steroid dienone is 2. The number of aliphatic carboxylic acids is 1. The third kappa shape index (κ3) is 9.67. The van der Waals surface area contributed by atoms with Gasteiger partial charge in [-0.3, -0.25) is 9.69 Å². The maximum absolute atomic E-state index is 11.5. The van der Waals surface area contributed by atoms with Crippen molar-refractivity contribution in [2.75, 3.05) is 13.1 Å². The summed E-state index contributed by atoms with van der Waals surface area (Å²) in [6.45, 7) is 10.5. The third-order valence-electron chi connectivity index (χ3n) is 3.99. The van der Waals surface area contributed by atoms with Gasteiger partial charge in [0.1, 0.15) is 6.04 Å². The van der Waals surface area contributed by atoms with Gasteiger partial charge in [-0.05, 0) is 51.1 Å². The van der Waals surface area contributed by atoms with E-state index in [4.69, 9.17) is 0 Å². The van der Waals surface area contributed by atoms with E-state index in [1.807, 2.05) is 0 Å². The van der Waals surface area contributed by atoms with Crippen molar-refractivity contribution >= 4 is 5.97 Å². The second-order valence-electron chi connectivity index (χ2n) is 5.99. The normalized spacial score (nSPS) is 14.7. The highest BCUT2D eigenvalue weighted by Crippen LogP contribution is 2.13. The molecule has 0 radical (unpaired) electrons. The first-order valence-electron chi connectivity index (χ1n) is 8.70. The molecule has 0 saturated heterocycles. The Balaban J connectivity index is 4.31. The number of carbonyl (C=O) groups is 1. The number of hydrogen-bond acceptors (Lipinski definition) is 2. The summed E-state index contributed by atoms with van der Waals surface area (Å²) in [7, 11) is 0. The van der Waals surface area contributed by atoms with Crippen molar-refractivity contribution in [1.82, 2.24) is 4.90 Å². The standard InChI is InChI=1S/C18H35NO2/c1-5-8-15-19(14-6-2)17(18(20)21)13-11-9-10-12-16(4)7-3/h10,12,16-17H,5-9,11,13-15H2,1-4H3,(H,20,21). The van der Waals surface area contributed by atoms with Crippen molar-refractivity contribution in [1.29, 1.82) is 0 Å². The van der Waals surface area contributed by atoms with Gasteiger partial charge in [0.25, 0.3) is 0 Å². The lowest BCUT2D eigenvalue weighted by molar-refractivity contribution is -0.143. The zero-order valence-corrected chi connectivity index (χ0v) is 14.5. The molecule has 0 aliphatic carbocycles. The second kappa shape index (κ2) is 12.9. The van der Waals surface area contributed by atoms with E-state index >= 15 is 0 Å². The average Bonchev–Trinajstić information content (AvgIpc) is 2.46. The van der Waals surface area contributed by atoms with Crippen LogP contribution >= 0.6 is 0 Å². The Morgan fingerprint density at radius 1 is 1.14 bits per heavy atom. The molecule has 0 saturated carbocycles. The fraction of sp³-hybridized carbons (Fsp3) is 0.833. The van der Waals surface area contributed by atoms with Gasteiger partial charge in [0.15, 0.2) is 0 Å². The van der Waals surface area contributed by atoms with Crippen molar-refractivity contribution in [3.63, 3.8) is 0 Å². The molecule has 0 aliphatic rings. The van der Waals surface area contributed by atoms with E-state index in [9.17, 15) is 9.90 Å². The molecule has 0 aromatic carbocycles. The van der Waals surface area contributed by atoms with Crippen LogP contribution < -0.4 is 0 Å². The van der Waals surface area contributed by atoms with E-state index in [-0.39, 0.29) is 6.04 Å². The topological polar surface area (TPSA) is 40.5 Å². The lowest BCUT2D eigenvalue weighted by atomic mass is 10.0. The molecular formula is C18H35NO2. The van der Waals surface area contributed by atoms with Crippen LogP contribution in [0.5, 0.6) is 0 Å². The van der Waals surface area contributed by atoms with Crippen LogP contribution in [-0.2, 0) is 4.79 Å². The Hall–Kier alpha value is -0.830. The Kier molecular flexibility index (Phi) is 12.4. The van der Waals surface area contributed by atoms with Crippen LogP contribution in [-0.4, -0.2) is 35.1 Å². The lowest BCUT2D eigenvalue weighted by Crippen LogP contribution is -2.42. The number of rotatable bonds is 13. The van der Waals surface area contributed by atoms with Crippen LogP contribution in [0, 0.1) is 5.92 Å². The summed E-state index contributed by atoms with van der Waals surface area (Å²) in [6, 6.07) is -0.312. The molecule has 21 heavy (non-hydrogen) atoms. The molecule has 0 rings (SSSR count). The van der Waals surface area contributed by atoms with E-state index < -0.39 is 5.97 Å². The Morgan fingerprint density at radius 2 is 1.86 bits per heavy atom. The maximum Gasteiger partial charge on any atom is 0.320 e. The van der Waals surface area contributed by atoms with Crippen molar-refractivity contribution < 1.29 is 9.90 Å². The van der Waals surface area contributed by atoms with Crippen LogP contribution in [0.3, 0.4) is 0 Å². The predicted octanol–water partition coefficient (Wildman–Crippen LogP) is 4.72. The summed E-state index contributed by atoms with van der Waals surface area (Å²) in [5.74, 6) is -0.0353. The monoisotopic (exact) mass is 297 g/mol. The van der Waals surface area contributed by atoms with Crippen molar-refractivity contribution in [2.24, 2.45) is 5.92 Å². The zero-order valence-electron chi connectivity index (χ0n) is 14.5. The number of carboxylic acids is 1. The molecular weight excluding hydrogens is 262 g/mol. The Morgan fingerprint density at radius 3 is 2.38 bits per heavy atom. The van der Waals surface area contributed by atoms with Crippen LogP contribution in [0.2, 0.25) is 0 Å². The molecule has 1 N–H and O–H groups in total. The van der Waals surface area contributed by atoms with E-state index in [0.717, 1.165) is 58.0 Å². The highest BCUT2D eigenvalue weighted by Gasteiger charge is 2.23. The van der Waals surface area contributed by atoms with Gasteiger partial charge in [0.2, 0.25) is 0 Å². The van der Waals surface area contributed by atoms with Crippen molar-refractivity contribution in [3.05, 3.63) is 12.2 Å². The summed E-state index contributed by atoms with van der Waals surface area (Å²) in [5.41, 5.74) is 0. The summed E-state index contributed by atoms with van der Waals surface area (Å²) >= 11 is 0. The molecule has 0 spiro atoms. The smallest absolute Gasteiger partial charge is 0.320 e. The van der Waals surface area contributed by atoms with Crippen LogP contribution in [0.4, 0.5) is 0 Å². The minimum absolute atomic E-state index is 0.312. The highest BCUT2D eigenvalue weighted by atomic mass is 16.4. The third-order valence-corrected chi connectivity index (χ3v) is 3.99. The molecule has 3 heteroatoms. The first-order valence-corrected chi connectivity index (χ1v) is 8.70. The lowest BCUT2D eigenvalue weighted by Gasteiger charge is -2.28. The summed E-state index contributed by atoms with van der Waals surface area (Å²) in [6.07, 6.45) is 11.5. The fourth-order valence-corrected chi connectivity index (χ4v) is 2.43. The van der Waals surface area contributed by atoms with Gasteiger partial charge >= 0.3 is 5.97 Å². The molecule has 2 atom stereocenters. The van der Waals surface area contributed by atoms with Crippen LogP contribution in [0.1, 0.15) is 72.6 Å². The number of unbranched alkanes of at least 4 members (excludes halogenated alkanes) is 2. The Bertz CT molecular complexity index is 289. The SMILES string of the molecule is CCCCN(CCC)C(CCCC=CC(C)CC)C(=O)O.